The van der Waals surface area contributed by atoms with Gasteiger partial charge in [-0.25, -0.2) is 0 Å². The Morgan fingerprint density at radius 1 is 0.235 bits per heavy atom. The summed E-state index contributed by atoms with van der Waals surface area (Å²) in [7, 11) is 0. The standard InChI is InChI=1S/4C16H13.2ClH.2Ti/c4*1-12-6-8-13(9-7-12)16-10-14-4-2-3-5-15(14)11-16;;;;/h4*2-11H,1H3;2*1H;;/q4*-1;;;2*+2/p-2. The predicted octanol–water partition coefficient (Wildman–Crippen LogP) is 12.1. The Kier molecular flexibility index (Phi) is 19.5. The van der Waals surface area contributed by atoms with Crippen molar-refractivity contribution in [3.8, 4) is 44.5 Å². The first-order chi connectivity index (χ1) is 31.3. The second-order valence-electron chi connectivity index (χ2n) is 17.0. The number of aryl methyl sites for hydroxylation is 4. The van der Waals surface area contributed by atoms with E-state index in [1.54, 1.807) is 0 Å². The van der Waals surface area contributed by atoms with Crippen molar-refractivity contribution >= 4 is 43.1 Å². The van der Waals surface area contributed by atoms with Gasteiger partial charge in [0.2, 0.25) is 0 Å². The maximum Gasteiger partial charge on any atom is 2.00 e. The zero-order valence-corrected chi connectivity index (χ0v) is 43.5. The van der Waals surface area contributed by atoms with Gasteiger partial charge in [0.05, 0.1) is 0 Å². The molecule has 12 aromatic carbocycles. The van der Waals surface area contributed by atoms with E-state index in [0.717, 1.165) is 0 Å². The van der Waals surface area contributed by atoms with Crippen LogP contribution in [0.15, 0.2) is 243 Å². The van der Waals surface area contributed by atoms with Gasteiger partial charge >= 0.3 is 43.4 Å². The molecule has 12 rings (SSSR count). The van der Waals surface area contributed by atoms with E-state index in [4.69, 9.17) is 0 Å². The van der Waals surface area contributed by atoms with Gasteiger partial charge in [0.15, 0.2) is 0 Å². The minimum Gasteiger partial charge on any atom is -1.00 e. The Morgan fingerprint density at radius 3 is 0.588 bits per heavy atom. The van der Waals surface area contributed by atoms with E-state index in [1.165, 1.54) is 110 Å². The van der Waals surface area contributed by atoms with Gasteiger partial charge in [0.25, 0.3) is 0 Å². The van der Waals surface area contributed by atoms with Gasteiger partial charge in [-0.05, 0) is 27.7 Å². The van der Waals surface area contributed by atoms with Gasteiger partial charge < -0.3 is 24.8 Å². The second kappa shape index (κ2) is 25.0. The molecule has 0 atom stereocenters. The molecule has 0 radical (unpaired) electrons. The van der Waals surface area contributed by atoms with Crippen molar-refractivity contribution in [1.29, 1.82) is 0 Å². The van der Waals surface area contributed by atoms with Crippen molar-refractivity contribution in [1.82, 2.24) is 0 Å². The molecule has 0 bridgehead atoms. The van der Waals surface area contributed by atoms with Crippen molar-refractivity contribution in [2.75, 3.05) is 0 Å². The van der Waals surface area contributed by atoms with E-state index in [9.17, 15) is 0 Å². The van der Waals surface area contributed by atoms with E-state index in [0.29, 0.717) is 0 Å². The molecule has 0 saturated heterocycles. The predicted molar refractivity (Wildman–Crippen MR) is 279 cm³/mol. The molecule has 12 aromatic rings. The number of rotatable bonds is 4. The Balaban J connectivity index is 0.000000166. The van der Waals surface area contributed by atoms with Crippen LogP contribution in [0.3, 0.4) is 0 Å². The summed E-state index contributed by atoms with van der Waals surface area (Å²) in [6.45, 7) is 8.47. The molecule has 0 aliphatic heterocycles. The average molecular weight is 988 g/mol. The molecule has 0 amide bonds. The zero-order valence-electron chi connectivity index (χ0n) is 38.8. The smallest absolute Gasteiger partial charge is 1.00 e. The maximum absolute atomic E-state index is 2.25. The summed E-state index contributed by atoms with van der Waals surface area (Å²) in [4.78, 5) is 0. The molecule has 4 heteroatoms. The molecular formula is C64H52Cl2Ti2-2. The van der Waals surface area contributed by atoms with Gasteiger partial charge in [-0.3, -0.25) is 0 Å². The van der Waals surface area contributed by atoms with Crippen molar-refractivity contribution in [3.63, 3.8) is 0 Å². The minimum atomic E-state index is 0. The van der Waals surface area contributed by atoms with Crippen LogP contribution >= 0.6 is 0 Å². The molecule has 68 heavy (non-hydrogen) atoms. The van der Waals surface area contributed by atoms with E-state index in [-0.39, 0.29) is 68.2 Å². The molecule has 0 fully saturated rings. The molecule has 0 spiro atoms. The first-order valence-corrected chi connectivity index (χ1v) is 22.2. The quantitative estimate of drug-likeness (QED) is 0.122. The first-order valence-electron chi connectivity index (χ1n) is 22.2. The van der Waals surface area contributed by atoms with Crippen molar-refractivity contribution in [3.05, 3.63) is 265 Å². The van der Waals surface area contributed by atoms with E-state index in [2.05, 4.69) is 270 Å². The molecule has 0 saturated carbocycles. The van der Waals surface area contributed by atoms with Crippen LogP contribution in [-0.4, -0.2) is 0 Å². The Morgan fingerprint density at radius 2 is 0.412 bits per heavy atom. The Labute approximate surface area is 444 Å². The first kappa shape index (κ1) is 53.2. The second-order valence-corrected chi connectivity index (χ2v) is 17.0. The fraction of sp³-hybridized carbons (Fsp3) is 0.0625. The molecule has 332 valence electrons. The zero-order chi connectivity index (χ0) is 43.8. The van der Waals surface area contributed by atoms with E-state index in [1.807, 2.05) is 0 Å². The molecule has 0 heterocycles. The normalized spacial score (nSPS) is 10.2. The van der Waals surface area contributed by atoms with Crippen molar-refractivity contribution < 1.29 is 68.2 Å². The third-order valence-electron chi connectivity index (χ3n) is 12.0. The van der Waals surface area contributed by atoms with Crippen LogP contribution in [0.1, 0.15) is 22.3 Å². The summed E-state index contributed by atoms with van der Waals surface area (Å²) >= 11 is 0. The Bertz CT molecular complexity index is 2800. The topological polar surface area (TPSA) is 0 Å². The molecular weight excluding hydrogens is 935 g/mol. The maximum atomic E-state index is 2.25. The molecule has 0 unspecified atom stereocenters. The number of hydrogen-bond acceptors (Lipinski definition) is 0. The summed E-state index contributed by atoms with van der Waals surface area (Å²) in [5, 5.41) is 10.5. The Hall–Kier alpha value is -5.79. The average Bonchev–Trinajstić information content (AvgIpc) is 4.15. The monoisotopic (exact) mass is 986 g/mol. The molecule has 0 aromatic heterocycles. The number of halogens is 2. The molecule has 0 aliphatic carbocycles. The van der Waals surface area contributed by atoms with Crippen LogP contribution in [0.5, 0.6) is 0 Å². The number of fused-ring (bicyclic) bond motifs is 4. The van der Waals surface area contributed by atoms with Crippen LogP contribution < -0.4 is 24.8 Å². The van der Waals surface area contributed by atoms with E-state index < -0.39 is 0 Å². The molecule has 0 nitrogen and oxygen atoms in total. The van der Waals surface area contributed by atoms with Crippen LogP contribution in [-0.2, 0) is 43.4 Å². The summed E-state index contributed by atoms with van der Waals surface area (Å²) in [6.07, 6.45) is 0. The van der Waals surface area contributed by atoms with E-state index >= 15 is 0 Å². The number of hydrogen-bond donors (Lipinski definition) is 0. The SMILES string of the molecule is Cc1ccc(-c2cc3ccccc3[cH-]2)cc1.Cc1ccc(-c2cc3ccccc3[cH-]2)cc1.Cc1ccc(-c2cc3ccccc3[cH-]2)cc1.Cc1ccc(-c2cc3ccccc3[cH-]2)cc1.[Cl-].[Cl-].[Ti+2].[Ti+2]. The van der Waals surface area contributed by atoms with Crippen molar-refractivity contribution in [2.24, 2.45) is 0 Å². The molecule has 0 aliphatic rings. The molecule has 0 N–H and O–H groups in total. The van der Waals surface area contributed by atoms with Crippen LogP contribution in [0.2, 0.25) is 0 Å². The third-order valence-corrected chi connectivity index (χ3v) is 12.0. The van der Waals surface area contributed by atoms with Gasteiger partial charge in [-0.1, -0.05) is 214 Å². The van der Waals surface area contributed by atoms with Gasteiger partial charge in [-0.2, -0.15) is 0 Å². The van der Waals surface area contributed by atoms with Gasteiger partial charge in [-0.15, -0.1) is 138 Å². The van der Waals surface area contributed by atoms with Crippen molar-refractivity contribution in [2.45, 2.75) is 27.7 Å². The summed E-state index contributed by atoms with van der Waals surface area (Å²) in [5.74, 6) is 0. The van der Waals surface area contributed by atoms with Crippen LogP contribution in [0.25, 0.3) is 87.6 Å². The summed E-state index contributed by atoms with van der Waals surface area (Å²) in [5.41, 5.74) is 15.6. The fourth-order valence-corrected chi connectivity index (χ4v) is 8.25. The van der Waals surface area contributed by atoms with Crippen LogP contribution in [0, 0.1) is 27.7 Å². The third kappa shape index (κ3) is 13.3. The van der Waals surface area contributed by atoms with Gasteiger partial charge in [0, 0.05) is 0 Å². The largest absolute Gasteiger partial charge is 2.00 e. The fourth-order valence-electron chi connectivity index (χ4n) is 8.25. The minimum absolute atomic E-state index is 0. The van der Waals surface area contributed by atoms with Crippen LogP contribution in [0.4, 0.5) is 0 Å². The number of benzene rings is 8. The summed E-state index contributed by atoms with van der Waals surface area (Å²) < 4.78 is 0. The van der Waals surface area contributed by atoms with Gasteiger partial charge in [0.1, 0.15) is 0 Å². The summed E-state index contributed by atoms with van der Waals surface area (Å²) in [6, 6.07) is 86.7.